The second-order valence-corrected chi connectivity index (χ2v) is 4.15. The van der Waals surface area contributed by atoms with Gasteiger partial charge in [0, 0.05) is 11.6 Å². The lowest BCUT2D eigenvalue weighted by Gasteiger charge is -2.13. The highest BCUT2D eigenvalue weighted by atomic mass is 16.2. The first-order chi connectivity index (χ1) is 7.02. The molecular formula is C12H19N2O+. The van der Waals surface area contributed by atoms with Crippen LogP contribution in [0.15, 0.2) is 24.3 Å². The van der Waals surface area contributed by atoms with Crippen molar-refractivity contribution >= 4 is 11.6 Å². The number of rotatable bonds is 3. The van der Waals surface area contributed by atoms with Crippen LogP contribution < -0.4 is 11.1 Å². The van der Waals surface area contributed by atoms with Crippen molar-refractivity contribution in [3.05, 3.63) is 29.8 Å². The molecule has 0 heterocycles. The van der Waals surface area contributed by atoms with Crippen molar-refractivity contribution in [2.75, 3.05) is 5.32 Å². The lowest BCUT2D eigenvalue weighted by atomic mass is 10.0. The van der Waals surface area contributed by atoms with Gasteiger partial charge in [0.15, 0.2) is 6.04 Å². The summed E-state index contributed by atoms with van der Waals surface area (Å²) >= 11 is 0. The fourth-order valence-electron chi connectivity index (χ4n) is 1.24. The number of carbonyl (C=O) groups excluding carboxylic acids is 1. The summed E-state index contributed by atoms with van der Waals surface area (Å²) in [6, 6.07) is 7.54. The standard InChI is InChI=1S/C12H18N2O/c1-8(2)11(13)12(15)14-10-7-5-4-6-9(10)3/h4-8,11H,13H2,1-3H3,(H,14,15)/p+1. The van der Waals surface area contributed by atoms with Gasteiger partial charge in [-0.05, 0) is 18.6 Å². The molecule has 0 aromatic heterocycles. The summed E-state index contributed by atoms with van der Waals surface area (Å²) in [6.45, 7) is 5.97. The Morgan fingerprint density at radius 2 is 1.93 bits per heavy atom. The molecule has 4 N–H and O–H groups in total. The minimum absolute atomic E-state index is 0.0145. The normalized spacial score (nSPS) is 12.6. The molecule has 3 nitrogen and oxygen atoms in total. The summed E-state index contributed by atoms with van der Waals surface area (Å²) in [5.74, 6) is 0.244. The largest absolute Gasteiger partial charge is 0.347 e. The van der Waals surface area contributed by atoms with Gasteiger partial charge in [0.2, 0.25) is 0 Å². The lowest BCUT2D eigenvalue weighted by Crippen LogP contribution is -2.68. The van der Waals surface area contributed by atoms with Crippen LogP contribution >= 0.6 is 0 Å². The number of nitrogens with one attached hydrogen (secondary N) is 1. The molecule has 3 heteroatoms. The molecule has 0 saturated carbocycles. The van der Waals surface area contributed by atoms with Gasteiger partial charge >= 0.3 is 0 Å². The number of para-hydroxylation sites is 1. The molecule has 0 aliphatic carbocycles. The molecule has 1 unspecified atom stereocenters. The van der Waals surface area contributed by atoms with Gasteiger partial charge in [-0.25, -0.2) is 0 Å². The number of quaternary nitrogens is 1. The third kappa shape index (κ3) is 3.06. The summed E-state index contributed by atoms with van der Waals surface area (Å²) in [5.41, 5.74) is 5.79. The summed E-state index contributed by atoms with van der Waals surface area (Å²) in [7, 11) is 0. The van der Waals surface area contributed by atoms with Gasteiger partial charge in [0.25, 0.3) is 5.91 Å². The van der Waals surface area contributed by atoms with Crippen molar-refractivity contribution in [1.82, 2.24) is 0 Å². The number of aryl methyl sites for hydroxylation is 1. The summed E-state index contributed by atoms with van der Waals surface area (Å²) < 4.78 is 0. The monoisotopic (exact) mass is 207 g/mol. The third-order valence-corrected chi connectivity index (χ3v) is 2.54. The molecule has 1 amide bonds. The van der Waals surface area contributed by atoms with Crippen LogP contribution in [0, 0.1) is 12.8 Å². The molecule has 0 radical (unpaired) electrons. The van der Waals surface area contributed by atoms with E-state index in [1.807, 2.05) is 45.0 Å². The maximum absolute atomic E-state index is 11.7. The lowest BCUT2D eigenvalue weighted by molar-refractivity contribution is -0.412. The van der Waals surface area contributed by atoms with Crippen LogP contribution in [0.1, 0.15) is 19.4 Å². The van der Waals surface area contributed by atoms with E-state index in [-0.39, 0.29) is 17.9 Å². The van der Waals surface area contributed by atoms with Gasteiger partial charge in [-0.1, -0.05) is 32.0 Å². The SMILES string of the molecule is Cc1ccccc1NC(=O)C([NH3+])C(C)C. The first-order valence-corrected chi connectivity index (χ1v) is 5.22. The molecule has 0 fully saturated rings. The molecule has 1 atom stereocenters. The highest BCUT2D eigenvalue weighted by Crippen LogP contribution is 2.13. The number of hydrogen-bond donors (Lipinski definition) is 2. The average molecular weight is 207 g/mol. The Morgan fingerprint density at radius 3 is 2.47 bits per heavy atom. The molecule has 0 aliphatic heterocycles. The topological polar surface area (TPSA) is 56.7 Å². The maximum atomic E-state index is 11.7. The Bertz CT molecular complexity index is 347. The molecule has 0 spiro atoms. The van der Waals surface area contributed by atoms with E-state index in [2.05, 4.69) is 11.1 Å². The Labute approximate surface area is 90.7 Å². The summed E-state index contributed by atoms with van der Waals surface area (Å²) in [6.07, 6.45) is 0. The number of hydrogen-bond acceptors (Lipinski definition) is 1. The first kappa shape index (κ1) is 11.7. The zero-order valence-corrected chi connectivity index (χ0v) is 9.58. The maximum Gasteiger partial charge on any atom is 0.282 e. The van der Waals surface area contributed by atoms with Crippen LogP contribution in [0.4, 0.5) is 5.69 Å². The highest BCUT2D eigenvalue weighted by Gasteiger charge is 2.21. The second-order valence-electron chi connectivity index (χ2n) is 4.15. The van der Waals surface area contributed by atoms with Gasteiger partial charge in [0.05, 0.1) is 0 Å². The number of amides is 1. The van der Waals surface area contributed by atoms with Gasteiger partial charge in [0.1, 0.15) is 0 Å². The minimum atomic E-state index is -0.204. The molecule has 1 aromatic rings. The zero-order valence-electron chi connectivity index (χ0n) is 9.58. The third-order valence-electron chi connectivity index (χ3n) is 2.54. The fraction of sp³-hybridized carbons (Fsp3) is 0.417. The van der Waals surface area contributed by atoms with E-state index >= 15 is 0 Å². The number of benzene rings is 1. The van der Waals surface area contributed by atoms with Crippen molar-refractivity contribution in [3.8, 4) is 0 Å². The van der Waals surface area contributed by atoms with E-state index in [4.69, 9.17) is 0 Å². The van der Waals surface area contributed by atoms with E-state index in [0.29, 0.717) is 0 Å². The quantitative estimate of drug-likeness (QED) is 0.768. The van der Waals surface area contributed by atoms with Crippen molar-refractivity contribution in [1.29, 1.82) is 0 Å². The van der Waals surface area contributed by atoms with E-state index in [0.717, 1.165) is 11.3 Å². The van der Waals surface area contributed by atoms with Crippen LogP contribution in [0.5, 0.6) is 0 Å². The van der Waals surface area contributed by atoms with Crippen LogP contribution in [0.3, 0.4) is 0 Å². The molecule has 0 aliphatic rings. The van der Waals surface area contributed by atoms with E-state index < -0.39 is 0 Å². The van der Waals surface area contributed by atoms with E-state index in [1.165, 1.54) is 0 Å². The fourth-order valence-corrected chi connectivity index (χ4v) is 1.24. The first-order valence-electron chi connectivity index (χ1n) is 5.22. The van der Waals surface area contributed by atoms with Gasteiger partial charge in [-0.15, -0.1) is 0 Å². The van der Waals surface area contributed by atoms with E-state index in [1.54, 1.807) is 0 Å². The van der Waals surface area contributed by atoms with Crippen molar-refractivity contribution in [2.45, 2.75) is 26.8 Å². The van der Waals surface area contributed by atoms with Crippen molar-refractivity contribution in [3.63, 3.8) is 0 Å². The highest BCUT2D eigenvalue weighted by molar-refractivity contribution is 5.94. The van der Waals surface area contributed by atoms with Crippen molar-refractivity contribution < 1.29 is 10.5 Å². The van der Waals surface area contributed by atoms with Crippen molar-refractivity contribution in [2.24, 2.45) is 5.92 Å². The molecule has 0 bridgehead atoms. The molecule has 0 saturated heterocycles. The molecule has 15 heavy (non-hydrogen) atoms. The minimum Gasteiger partial charge on any atom is -0.347 e. The van der Waals surface area contributed by atoms with Crippen LogP contribution in [-0.2, 0) is 4.79 Å². The second kappa shape index (κ2) is 4.94. The smallest absolute Gasteiger partial charge is 0.282 e. The van der Waals surface area contributed by atoms with Crippen LogP contribution in [-0.4, -0.2) is 11.9 Å². The predicted octanol–water partition coefficient (Wildman–Crippen LogP) is 1.20. The van der Waals surface area contributed by atoms with E-state index in [9.17, 15) is 4.79 Å². The zero-order chi connectivity index (χ0) is 11.4. The van der Waals surface area contributed by atoms with Gasteiger partial charge < -0.3 is 11.1 Å². The molecular weight excluding hydrogens is 188 g/mol. The predicted molar refractivity (Wildman–Crippen MR) is 61.3 cm³/mol. The number of anilines is 1. The van der Waals surface area contributed by atoms with Crippen LogP contribution in [0.25, 0.3) is 0 Å². The Kier molecular flexibility index (Phi) is 3.86. The Balaban J connectivity index is 2.71. The number of carbonyl (C=O) groups is 1. The summed E-state index contributed by atoms with van der Waals surface area (Å²) in [5, 5.41) is 2.89. The molecule has 82 valence electrons. The Hall–Kier alpha value is -1.35. The Morgan fingerprint density at radius 1 is 1.33 bits per heavy atom. The molecule has 1 rings (SSSR count). The summed E-state index contributed by atoms with van der Waals surface area (Å²) in [4.78, 5) is 11.7. The van der Waals surface area contributed by atoms with Gasteiger partial charge in [-0.3, -0.25) is 4.79 Å². The van der Waals surface area contributed by atoms with Crippen LogP contribution in [0.2, 0.25) is 0 Å². The molecule has 1 aromatic carbocycles. The van der Waals surface area contributed by atoms with Gasteiger partial charge in [-0.2, -0.15) is 0 Å². The average Bonchev–Trinajstić information content (AvgIpc) is 2.20.